The van der Waals surface area contributed by atoms with Crippen LogP contribution in [0.15, 0.2) is 12.7 Å². The lowest BCUT2D eigenvalue weighted by molar-refractivity contribution is -0.132. The highest BCUT2D eigenvalue weighted by Crippen LogP contribution is 2.15. The fourth-order valence-electron chi connectivity index (χ4n) is 1.99. The largest absolute Gasteiger partial charge is 0.354 e. The predicted molar refractivity (Wildman–Crippen MR) is 79.1 cm³/mol. The van der Waals surface area contributed by atoms with Gasteiger partial charge in [-0.2, -0.15) is 11.8 Å². The van der Waals surface area contributed by atoms with Crippen molar-refractivity contribution in [3.63, 3.8) is 0 Å². The molecule has 0 bridgehead atoms. The standard InChI is InChI=1S/C13H25N3OS/c1-4-10-18-11-7-15-12(17)13(2,3)16-8-5-14-6-9-16/h4,14H,1,5-11H2,2-3H3,(H,15,17). The Morgan fingerprint density at radius 3 is 2.78 bits per heavy atom. The molecule has 0 unspecified atom stereocenters. The molecular weight excluding hydrogens is 246 g/mol. The zero-order chi connectivity index (χ0) is 13.4. The first kappa shape index (κ1) is 15.5. The maximum atomic E-state index is 12.2. The Kier molecular flexibility index (Phi) is 6.75. The van der Waals surface area contributed by atoms with E-state index in [2.05, 4.69) is 22.1 Å². The molecule has 1 rings (SSSR count). The van der Waals surface area contributed by atoms with Crippen LogP contribution in [0.5, 0.6) is 0 Å². The average molecular weight is 271 g/mol. The molecule has 0 atom stereocenters. The van der Waals surface area contributed by atoms with Crippen LogP contribution in [-0.4, -0.2) is 60.6 Å². The number of hydrogen-bond donors (Lipinski definition) is 2. The second-order valence-corrected chi connectivity index (χ2v) is 6.07. The van der Waals surface area contributed by atoms with Crippen LogP contribution in [0.2, 0.25) is 0 Å². The topological polar surface area (TPSA) is 44.4 Å². The highest BCUT2D eigenvalue weighted by Gasteiger charge is 2.34. The summed E-state index contributed by atoms with van der Waals surface area (Å²) in [5.41, 5.74) is -0.412. The third-order valence-corrected chi connectivity index (χ3v) is 4.20. The van der Waals surface area contributed by atoms with E-state index >= 15 is 0 Å². The van der Waals surface area contributed by atoms with E-state index in [0.717, 1.165) is 44.2 Å². The molecule has 0 aliphatic carbocycles. The number of piperazine rings is 1. The first-order chi connectivity index (χ1) is 8.59. The summed E-state index contributed by atoms with van der Waals surface area (Å²) < 4.78 is 0. The van der Waals surface area contributed by atoms with Gasteiger partial charge in [0.25, 0.3) is 0 Å². The molecule has 2 N–H and O–H groups in total. The molecule has 0 aromatic rings. The lowest BCUT2D eigenvalue weighted by Gasteiger charge is -2.39. The van der Waals surface area contributed by atoms with E-state index < -0.39 is 5.54 Å². The molecule has 1 amide bonds. The number of rotatable bonds is 7. The van der Waals surface area contributed by atoms with Crippen LogP contribution in [0.1, 0.15) is 13.8 Å². The van der Waals surface area contributed by atoms with Gasteiger partial charge in [0.1, 0.15) is 0 Å². The molecule has 1 saturated heterocycles. The van der Waals surface area contributed by atoms with Gasteiger partial charge in [0.2, 0.25) is 5.91 Å². The van der Waals surface area contributed by atoms with Crippen molar-refractivity contribution in [2.75, 3.05) is 44.2 Å². The van der Waals surface area contributed by atoms with Gasteiger partial charge in [0, 0.05) is 44.2 Å². The van der Waals surface area contributed by atoms with E-state index in [1.54, 1.807) is 11.8 Å². The Morgan fingerprint density at radius 1 is 1.50 bits per heavy atom. The molecule has 104 valence electrons. The zero-order valence-corrected chi connectivity index (χ0v) is 12.3. The van der Waals surface area contributed by atoms with E-state index in [-0.39, 0.29) is 5.91 Å². The van der Waals surface area contributed by atoms with Crippen LogP contribution >= 0.6 is 11.8 Å². The van der Waals surface area contributed by atoms with E-state index in [1.165, 1.54) is 0 Å². The summed E-state index contributed by atoms with van der Waals surface area (Å²) in [5.74, 6) is 2.01. The SMILES string of the molecule is C=CCSCCNC(=O)C(C)(C)N1CCNCC1. The second-order valence-electron chi connectivity index (χ2n) is 4.92. The average Bonchev–Trinajstić information content (AvgIpc) is 2.39. The number of thioether (sulfide) groups is 1. The molecule has 5 heteroatoms. The fraction of sp³-hybridized carbons (Fsp3) is 0.769. The van der Waals surface area contributed by atoms with Gasteiger partial charge in [0.15, 0.2) is 0 Å². The van der Waals surface area contributed by atoms with Gasteiger partial charge in [-0.15, -0.1) is 6.58 Å². The van der Waals surface area contributed by atoms with E-state index in [0.29, 0.717) is 0 Å². The molecule has 4 nitrogen and oxygen atoms in total. The van der Waals surface area contributed by atoms with Crippen molar-refractivity contribution in [3.05, 3.63) is 12.7 Å². The van der Waals surface area contributed by atoms with Crippen LogP contribution in [-0.2, 0) is 4.79 Å². The number of nitrogens with one attached hydrogen (secondary N) is 2. The molecule has 0 spiro atoms. The quantitative estimate of drug-likeness (QED) is 0.529. The molecular formula is C13H25N3OS. The third-order valence-electron chi connectivity index (χ3n) is 3.23. The van der Waals surface area contributed by atoms with E-state index in [9.17, 15) is 4.79 Å². The number of carbonyl (C=O) groups is 1. The maximum absolute atomic E-state index is 12.2. The Labute approximate surface area is 115 Å². The number of carbonyl (C=O) groups excluding carboxylic acids is 1. The molecule has 0 aromatic heterocycles. The normalized spacial score (nSPS) is 17.4. The summed E-state index contributed by atoms with van der Waals surface area (Å²) in [4.78, 5) is 14.4. The molecule has 1 aliphatic heterocycles. The molecule has 1 fully saturated rings. The lowest BCUT2D eigenvalue weighted by atomic mass is 10.0. The molecule has 18 heavy (non-hydrogen) atoms. The smallest absolute Gasteiger partial charge is 0.239 e. The summed E-state index contributed by atoms with van der Waals surface area (Å²) in [5, 5.41) is 6.33. The highest BCUT2D eigenvalue weighted by atomic mass is 32.2. The Balaban J connectivity index is 2.31. The molecule has 1 heterocycles. The van der Waals surface area contributed by atoms with Crippen LogP contribution in [0, 0.1) is 0 Å². The number of nitrogens with zero attached hydrogens (tertiary/aromatic N) is 1. The Morgan fingerprint density at radius 2 is 2.17 bits per heavy atom. The van der Waals surface area contributed by atoms with Gasteiger partial charge in [-0.25, -0.2) is 0 Å². The molecule has 0 aromatic carbocycles. The summed E-state index contributed by atoms with van der Waals surface area (Å²) >= 11 is 1.79. The van der Waals surface area contributed by atoms with Crippen molar-refractivity contribution in [3.8, 4) is 0 Å². The maximum Gasteiger partial charge on any atom is 0.239 e. The van der Waals surface area contributed by atoms with Crippen molar-refractivity contribution >= 4 is 17.7 Å². The molecule has 1 aliphatic rings. The van der Waals surface area contributed by atoms with Crippen molar-refractivity contribution in [1.82, 2.24) is 15.5 Å². The van der Waals surface area contributed by atoms with Crippen LogP contribution in [0.3, 0.4) is 0 Å². The first-order valence-electron chi connectivity index (χ1n) is 6.51. The van der Waals surface area contributed by atoms with Crippen LogP contribution in [0.4, 0.5) is 0 Å². The number of amides is 1. The zero-order valence-electron chi connectivity index (χ0n) is 11.5. The van der Waals surface area contributed by atoms with Crippen molar-refractivity contribution in [2.45, 2.75) is 19.4 Å². The van der Waals surface area contributed by atoms with Gasteiger partial charge >= 0.3 is 0 Å². The van der Waals surface area contributed by atoms with Crippen LogP contribution < -0.4 is 10.6 Å². The van der Waals surface area contributed by atoms with Crippen LogP contribution in [0.25, 0.3) is 0 Å². The first-order valence-corrected chi connectivity index (χ1v) is 7.67. The summed E-state index contributed by atoms with van der Waals surface area (Å²) in [6, 6.07) is 0. The summed E-state index contributed by atoms with van der Waals surface area (Å²) in [6.45, 7) is 12.2. The molecule has 0 saturated carbocycles. The second kappa shape index (κ2) is 7.81. The minimum absolute atomic E-state index is 0.128. The fourth-order valence-corrected chi connectivity index (χ4v) is 2.57. The van der Waals surface area contributed by atoms with E-state index in [1.807, 2.05) is 19.9 Å². The van der Waals surface area contributed by atoms with Gasteiger partial charge in [-0.3, -0.25) is 9.69 Å². The predicted octanol–water partition coefficient (Wildman–Crippen LogP) is 0.706. The van der Waals surface area contributed by atoms with Gasteiger partial charge in [-0.1, -0.05) is 6.08 Å². The van der Waals surface area contributed by atoms with Gasteiger partial charge in [0.05, 0.1) is 5.54 Å². The minimum atomic E-state index is -0.412. The summed E-state index contributed by atoms with van der Waals surface area (Å²) in [7, 11) is 0. The monoisotopic (exact) mass is 271 g/mol. The van der Waals surface area contributed by atoms with Gasteiger partial charge < -0.3 is 10.6 Å². The van der Waals surface area contributed by atoms with Crippen molar-refractivity contribution in [1.29, 1.82) is 0 Å². The number of hydrogen-bond acceptors (Lipinski definition) is 4. The van der Waals surface area contributed by atoms with E-state index in [4.69, 9.17) is 0 Å². The Bertz CT molecular complexity index is 275. The van der Waals surface area contributed by atoms with Crippen molar-refractivity contribution in [2.24, 2.45) is 0 Å². The third kappa shape index (κ3) is 4.63. The molecule has 0 radical (unpaired) electrons. The van der Waals surface area contributed by atoms with Crippen molar-refractivity contribution < 1.29 is 4.79 Å². The van der Waals surface area contributed by atoms with Gasteiger partial charge in [-0.05, 0) is 13.8 Å². The minimum Gasteiger partial charge on any atom is -0.354 e. The Hall–Kier alpha value is -0.520. The summed E-state index contributed by atoms with van der Waals surface area (Å²) in [6.07, 6.45) is 1.89. The highest BCUT2D eigenvalue weighted by molar-refractivity contribution is 7.99. The lowest BCUT2D eigenvalue weighted by Crippen LogP contribution is -2.60.